The normalized spacial score (nSPS) is 9.73. The molecule has 1 aromatic carbocycles. The van der Waals surface area contributed by atoms with E-state index in [4.69, 9.17) is 0 Å². The Balaban J connectivity index is 3.31. The monoisotopic (exact) mass is 216 g/mol. The Morgan fingerprint density at radius 3 is 2.64 bits per heavy atom. The zero-order valence-electron chi connectivity index (χ0n) is 5.90. The molecule has 0 spiro atoms. The fraction of sp³-hybridized carbons (Fsp3) is 0.125. The second-order valence-corrected chi connectivity index (χ2v) is 3.11. The van der Waals surface area contributed by atoms with E-state index in [9.17, 15) is 9.18 Å². The number of hydrogen-bond donors (Lipinski definition) is 0. The van der Waals surface area contributed by atoms with E-state index in [0.717, 1.165) is 0 Å². The Morgan fingerprint density at radius 1 is 1.55 bits per heavy atom. The second-order valence-electron chi connectivity index (χ2n) is 2.25. The summed E-state index contributed by atoms with van der Waals surface area (Å²) in [7, 11) is 0. The van der Waals surface area contributed by atoms with E-state index < -0.39 is 0 Å². The van der Waals surface area contributed by atoms with E-state index in [1.165, 1.54) is 12.1 Å². The van der Waals surface area contributed by atoms with Crippen molar-refractivity contribution < 1.29 is 9.18 Å². The Labute approximate surface area is 72.4 Å². The van der Waals surface area contributed by atoms with Gasteiger partial charge in [0.05, 0.1) is 4.47 Å². The minimum absolute atomic E-state index is 0.310. The SMILES string of the molecule is Cc1cc(C=O)cc(Br)c1F. The fourth-order valence-electron chi connectivity index (χ4n) is 0.821. The van der Waals surface area contributed by atoms with Gasteiger partial charge in [-0.05, 0) is 40.5 Å². The number of benzene rings is 1. The molecule has 0 fully saturated rings. The molecule has 0 radical (unpaired) electrons. The van der Waals surface area contributed by atoms with Gasteiger partial charge in [-0.3, -0.25) is 4.79 Å². The largest absolute Gasteiger partial charge is 0.298 e. The average molecular weight is 217 g/mol. The van der Waals surface area contributed by atoms with Crippen molar-refractivity contribution >= 4 is 22.2 Å². The van der Waals surface area contributed by atoms with Crippen molar-refractivity contribution in [1.82, 2.24) is 0 Å². The quantitative estimate of drug-likeness (QED) is 0.661. The number of aryl methyl sites for hydroxylation is 1. The van der Waals surface area contributed by atoms with Gasteiger partial charge in [0.2, 0.25) is 0 Å². The van der Waals surface area contributed by atoms with E-state index in [0.29, 0.717) is 21.9 Å². The van der Waals surface area contributed by atoms with Gasteiger partial charge >= 0.3 is 0 Å². The highest BCUT2D eigenvalue weighted by Gasteiger charge is 2.03. The summed E-state index contributed by atoms with van der Waals surface area (Å²) >= 11 is 3.00. The van der Waals surface area contributed by atoms with Crippen LogP contribution in [0.2, 0.25) is 0 Å². The maximum Gasteiger partial charge on any atom is 0.150 e. The predicted octanol–water partition coefficient (Wildman–Crippen LogP) is 2.71. The lowest BCUT2D eigenvalue weighted by Gasteiger charge is -1.99. The molecule has 0 bridgehead atoms. The standard InChI is InChI=1S/C8H6BrFO/c1-5-2-6(4-11)3-7(9)8(5)10/h2-4H,1H3. The first-order valence-corrected chi connectivity index (χ1v) is 3.85. The molecule has 0 amide bonds. The molecule has 0 saturated heterocycles. The van der Waals surface area contributed by atoms with Crippen molar-refractivity contribution in [1.29, 1.82) is 0 Å². The summed E-state index contributed by atoms with van der Waals surface area (Å²) in [4.78, 5) is 10.3. The van der Waals surface area contributed by atoms with Gasteiger partial charge in [0, 0.05) is 5.56 Å². The van der Waals surface area contributed by atoms with Gasteiger partial charge in [0.15, 0.2) is 0 Å². The number of halogens is 2. The van der Waals surface area contributed by atoms with Gasteiger partial charge in [-0.25, -0.2) is 4.39 Å². The van der Waals surface area contributed by atoms with Crippen LogP contribution in [0.15, 0.2) is 16.6 Å². The van der Waals surface area contributed by atoms with Crippen LogP contribution in [0.3, 0.4) is 0 Å². The van der Waals surface area contributed by atoms with Gasteiger partial charge in [0.1, 0.15) is 12.1 Å². The Morgan fingerprint density at radius 2 is 2.18 bits per heavy atom. The van der Waals surface area contributed by atoms with Crippen LogP contribution in [0.1, 0.15) is 15.9 Å². The van der Waals surface area contributed by atoms with Gasteiger partial charge in [0.25, 0.3) is 0 Å². The summed E-state index contributed by atoms with van der Waals surface area (Å²) in [5, 5.41) is 0. The van der Waals surface area contributed by atoms with Gasteiger partial charge < -0.3 is 0 Å². The summed E-state index contributed by atoms with van der Waals surface area (Å²) in [5.74, 6) is -0.310. The molecular formula is C8H6BrFO. The molecule has 1 aromatic rings. The number of carbonyl (C=O) groups is 1. The Kier molecular flexibility index (Phi) is 2.39. The number of rotatable bonds is 1. The number of hydrogen-bond acceptors (Lipinski definition) is 1. The van der Waals surface area contributed by atoms with Gasteiger partial charge in [-0.2, -0.15) is 0 Å². The molecular weight excluding hydrogens is 211 g/mol. The molecule has 1 nitrogen and oxygen atoms in total. The fourth-order valence-corrected chi connectivity index (χ4v) is 1.40. The van der Waals surface area contributed by atoms with Crippen molar-refractivity contribution in [2.24, 2.45) is 0 Å². The molecule has 11 heavy (non-hydrogen) atoms. The van der Waals surface area contributed by atoms with Crippen LogP contribution in [0.5, 0.6) is 0 Å². The molecule has 0 saturated carbocycles. The highest BCUT2D eigenvalue weighted by molar-refractivity contribution is 9.10. The maximum atomic E-state index is 12.9. The van der Waals surface area contributed by atoms with Crippen LogP contribution in [0, 0.1) is 12.7 Å². The number of aldehydes is 1. The van der Waals surface area contributed by atoms with Crippen molar-refractivity contribution in [2.45, 2.75) is 6.92 Å². The van der Waals surface area contributed by atoms with Crippen molar-refractivity contribution in [3.05, 3.63) is 33.5 Å². The van der Waals surface area contributed by atoms with Crippen LogP contribution in [0.4, 0.5) is 4.39 Å². The van der Waals surface area contributed by atoms with Crippen molar-refractivity contribution in [3.8, 4) is 0 Å². The first kappa shape index (κ1) is 8.40. The van der Waals surface area contributed by atoms with E-state index in [1.807, 2.05) is 0 Å². The van der Waals surface area contributed by atoms with E-state index in [-0.39, 0.29) is 5.82 Å². The third-order valence-corrected chi connectivity index (χ3v) is 1.95. The first-order valence-electron chi connectivity index (χ1n) is 3.06. The third-order valence-electron chi connectivity index (χ3n) is 1.37. The van der Waals surface area contributed by atoms with E-state index in [1.54, 1.807) is 6.92 Å². The van der Waals surface area contributed by atoms with Crippen LogP contribution in [-0.2, 0) is 0 Å². The molecule has 0 aliphatic heterocycles. The van der Waals surface area contributed by atoms with E-state index >= 15 is 0 Å². The highest BCUT2D eigenvalue weighted by Crippen LogP contribution is 2.19. The summed E-state index contributed by atoms with van der Waals surface area (Å²) in [6.45, 7) is 1.62. The zero-order chi connectivity index (χ0) is 8.43. The molecule has 0 N–H and O–H groups in total. The molecule has 0 aliphatic rings. The highest BCUT2D eigenvalue weighted by atomic mass is 79.9. The summed E-state index contributed by atoms with van der Waals surface area (Å²) < 4.78 is 13.2. The van der Waals surface area contributed by atoms with E-state index in [2.05, 4.69) is 15.9 Å². The minimum atomic E-state index is -0.310. The Bertz CT molecular complexity index is 273. The molecule has 1 rings (SSSR count). The van der Waals surface area contributed by atoms with Gasteiger partial charge in [-0.1, -0.05) is 0 Å². The van der Waals surface area contributed by atoms with Crippen LogP contribution in [0.25, 0.3) is 0 Å². The summed E-state index contributed by atoms with van der Waals surface area (Å²) in [6.07, 6.45) is 0.692. The molecule has 58 valence electrons. The molecule has 0 unspecified atom stereocenters. The Hall–Kier alpha value is -0.700. The third kappa shape index (κ3) is 1.66. The lowest BCUT2D eigenvalue weighted by atomic mass is 10.1. The topological polar surface area (TPSA) is 17.1 Å². The molecule has 0 aromatic heterocycles. The average Bonchev–Trinajstić information content (AvgIpc) is 1.99. The maximum absolute atomic E-state index is 12.9. The lowest BCUT2D eigenvalue weighted by molar-refractivity contribution is 0.112. The van der Waals surface area contributed by atoms with Crippen molar-refractivity contribution in [3.63, 3.8) is 0 Å². The number of carbonyl (C=O) groups excluding carboxylic acids is 1. The predicted molar refractivity (Wildman–Crippen MR) is 44.2 cm³/mol. The lowest BCUT2D eigenvalue weighted by Crippen LogP contribution is -1.88. The summed E-state index contributed by atoms with van der Waals surface area (Å²) in [6, 6.07) is 2.96. The molecule has 0 aliphatic carbocycles. The molecule has 0 heterocycles. The smallest absolute Gasteiger partial charge is 0.150 e. The van der Waals surface area contributed by atoms with Crippen LogP contribution in [-0.4, -0.2) is 6.29 Å². The van der Waals surface area contributed by atoms with Crippen LogP contribution >= 0.6 is 15.9 Å². The van der Waals surface area contributed by atoms with Gasteiger partial charge in [-0.15, -0.1) is 0 Å². The second kappa shape index (κ2) is 3.13. The first-order chi connectivity index (χ1) is 5.15. The molecule has 3 heteroatoms. The van der Waals surface area contributed by atoms with Crippen LogP contribution < -0.4 is 0 Å². The zero-order valence-corrected chi connectivity index (χ0v) is 7.48. The van der Waals surface area contributed by atoms with Crippen molar-refractivity contribution in [2.75, 3.05) is 0 Å². The summed E-state index contributed by atoms with van der Waals surface area (Å²) in [5.41, 5.74) is 0.956. The molecule has 0 atom stereocenters. The minimum Gasteiger partial charge on any atom is -0.298 e.